The number of thiazole rings is 1. The van der Waals surface area contributed by atoms with Gasteiger partial charge in [-0.3, -0.25) is 10.6 Å². The van der Waals surface area contributed by atoms with Crippen molar-refractivity contribution < 1.29 is 22.3 Å². The first kappa shape index (κ1) is 27.1. The Hall–Kier alpha value is -2.48. The normalized spacial score (nSPS) is 18.9. The highest BCUT2D eigenvalue weighted by atomic mass is 79.9. The number of hydrogen-bond donors (Lipinski definition) is 2. The maximum atomic E-state index is 13.2. The zero-order chi connectivity index (χ0) is 26.8. The third-order valence-electron chi connectivity index (χ3n) is 6.88. The predicted molar refractivity (Wildman–Crippen MR) is 140 cm³/mol. The lowest BCUT2D eigenvalue weighted by Crippen LogP contribution is -2.31. The van der Waals surface area contributed by atoms with E-state index >= 15 is 0 Å². The maximum Gasteiger partial charge on any atom is 0.282 e. The van der Waals surface area contributed by atoms with Crippen molar-refractivity contribution in [2.75, 3.05) is 20.2 Å². The Balaban J connectivity index is 1.19. The lowest BCUT2D eigenvalue weighted by Gasteiger charge is -2.30. The Morgan fingerprint density at radius 1 is 1.08 bits per heavy atom. The molecule has 1 unspecified atom stereocenters. The second-order valence-corrected chi connectivity index (χ2v) is 10.9. The fraction of sp³-hybridized carbons (Fsp3) is 0.440. The van der Waals surface area contributed by atoms with Crippen LogP contribution >= 0.6 is 27.3 Å². The van der Waals surface area contributed by atoms with Crippen LogP contribution in [0.15, 0.2) is 34.3 Å². The second kappa shape index (κ2) is 11.7. The van der Waals surface area contributed by atoms with Crippen LogP contribution in [0, 0.1) is 0 Å². The van der Waals surface area contributed by atoms with Gasteiger partial charge in [0.1, 0.15) is 23.3 Å². The average molecular weight is 615 g/mol. The number of piperidine rings is 1. The Morgan fingerprint density at radius 2 is 1.82 bits per heavy atom. The number of benzene rings is 1. The van der Waals surface area contributed by atoms with E-state index in [4.69, 9.17) is 9.72 Å². The van der Waals surface area contributed by atoms with Crippen LogP contribution in [0.25, 0.3) is 6.20 Å². The van der Waals surface area contributed by atoms with Crippen LogP contribution in [0.3, 0.4) is 0 Å². The summed E-state index contributed by atoms with van der Waals surface area (Å²) in [7, 11) is 1.67. The van der Waals surface area contributed by atoms with Gasteiger partial charge in [-0.05, 0) is 36.6 Å². The zero-order valence-electron chi connectivity index (χ0n) is 20.5. The summed E-state index contributed by atoms with van der Waals surface area (Å²) in [6, 6.07) is 4.70. The molecule has 1 aromatic carbocycles. The molecule has 2 aromatic heterocycles. The van der Waals surface area contributed by atoms with Gasteiger partial charge in [-0.25, -0.2) is 27.2 Å². The standard InChI is InChI=1S/C25H27BrF4N6OS/c1-37-21-3-2-17(26)15-11-31-24(32-12-16(15)21)19-13-38-25(33-19)14-4-6-35(7-5-14)8-9-36-20(23(29)30)10-18(34-36)22(27)28/h2-3,8-10,13-14,22-24,31-32H,4-7,11-12H2,1H3. The summed E-state index contributed by atoms with van der Waals surface area (Å²) < 4.78 is 59.6. The van der Waals surface area contributed by atoms with Crippen molar-refractivity contribution >= 4 is 33.5 Å². The molecular weight excluding hydrogens is 588 g/mol. The van der Waals surface area contributed by atoms with Crippen molar-refractivity contribution in [2.45, 2.75) is 50.9 Å². The van der Waals surface area contributed by atoms with E-state index in [1.54, 1.807) is 24.6 Å². The lowest BCUT2D eigenvalue weighted by molar-refractivity contribution is 0.143. The summed E-state index contributed by atoms with van der Waals surface area (Å²) in [6.45, 7) is 2.72. The molecule has 5 rings (SSSR count). The van der Waals surface area contributed by atoms with Crippen molar-refractivity contribution in [1.82, 2.24) is 30.3 Å². The molecule has 0 amide bonds. The molecule has 1 fully saturated rings. The minimum absolute atomic E-state index is 0.0942. The molecule has 2 aliphatic heterocycles. The molecule has 3 aromatic rings. The highest BCUT2D eigenvalue weighted by Crippen LogP contribution is 2.34. The van der Waals surface area contributed by atoms with Crippen LogP contribution in [0.4, 0.5) is 17.6 Å². The van der Waals surface area contributed by atoms with Gasteiger partial charge in [0.05, 0.1) is 17.8 Å². The largest absolute Gasteiger partial charge is 0.496 e. The Morgan fingerprint density at radius 3 is 2.50 bits per heavy atom. The molecule has 0 radical (unpaired) electrons. The van der Waals surface area contributed by atoms with E-state index in [1.807, 2.05) is 17.0 Å². The summed E-state index contributed by atoms with van der Waals surface area (Å²) >= 11 is 5.29. The number of rotatable bonds is 7. The van der Waals surface area contributed by atoms with E-state index in [-0.39, 0.29) is 6.17 Å². The molecule has 7 nitrogen and oxygen atoms in total. The Labute approximate surface area is 230 Å². The number of fused-ring (bicyclic) bond motifs is 1. The van der Waals surface area contributed by atoms with Gasteiger partial charge in [0.25, 0.3) is 12.9 Å². The highest BCUT2D eigenvalue weighted by Gasteiger charge is 2.26. The Bertz CT molecular complexity index is 1290. The molecule has 13 heteroatoms. The van der Waals surface area contributed by atoms with Gasteiger partial charge in [0.15, 0.2) is 0 Å². The topological polar surface area (TPSA) is 67.2 Å². The molecule has 0 aliphatic carbocycles. The number of alkyl halides is 4. The number of methoxy groups -OCH3 is 1. The van der Waals surface area contributed by atoms with Crippen LogP contribution in [0.1, 0.15) is 71.0 Å². The van der Waals surface area contributed by atoms with Gasteiger partial charge in [-0.1, -0.05) is 15.9 Å². The third-order valence-corrected chi connectivity index (χ3v) is 8.65. The van der Waals surface area contributed by atoms with Crippen LogP contribution in [0.5, 0.6) is 5.75 Å². The first-order valence-corrected chi connectivity index (χ1v) is 13.9. The van der Waals surface area contributed by atoms with E-state index in [1.165, 1.54) is 6.20 Å². The monoisotopic (exact) mass is 614 g/mol. The van der Waals surface area contributed by atoms with Crippen LogP contribution < -0.4 is 15.4 Å². The molecule has 1 atom stereocenters. The number of ether oxygens (including phenoxy) is 1. The minimum atomic E-state index is -2.90. The van der Waals surface area contributed by atoms with Crippen molar-refractivity contribution in [2.24, 2.45) is 0 Å². The Kier molecular flexibility index (Phi) is 8.36. The van der Waals surface area contributed by atoms with Crippen molar-refractivity contribution in [3.05, 3.63) is 67.5 Å². The molecule has 2 N–H and O–H groups in total. The van der Waals surface area contributed by atoms with Crippen LogP contribution in [-0.4, -0.2) is 39.9 Å². The molecule has 0 spiro atoms. The third kappa shape index (κ3) is 5.75. The molecule has 1 saturated heterocycles. The predicted octanol–water partition coefficient (Wildman–Crippen LogP) is 6.19. The fourth-order valence-electron chi connectivity index (χ4n) is 4.80. The summed E-state index contributed by atoms with van der Waals surface area (Å²) in [5, 5.41) is 13.8. The first-order chi connectivity index (χ1) is 18.3. The van der Waals surface area contributed by atoms with Gasteiger partial charge in [0, 0.05) is 59.9 Å². The van der Waals surface area contributed by atoms with Crippen LogP contribution in [0.2, 0.25) is 0 Å². The van der Waals surface area contributed by atoms with E-state index < -0.39 is 24.2 Å². The minimum Gasteiger partial charge on any atom is -0.496 e. The number of nitrogens with zero attached hydrogens (tertiary/aromatic N) is 4. The molecular formula is C25H27BrF4N6OS. The fourth-order valence-corrected chi connectivity index (χ4v) is 6.33. The molecule has 4 heterocycles. The first-order valence-electron chi connectivity index (χ1n) is 12.2. The van der Waals surface area contributed by atoms with Gasteiger partial charge in [-0.15, -0.1) is 11.3 Å². The van der Waals surface area contributed by atoms with Crippen LogP contribution in [-0.2, 0) is 13.1 Å². The van der Waals surface area contributed by atoms with E-state index in [0.29, 0.717) is 32.1 Å². The lowest BCUT2D eigenvalue weighted by atomic mass is 9.98. The molecule has 0 bridgehead atoms. The molecule has 2 aliphatic rings. The molecule has 38 heavy (non-hydrogen) atoms. The summed E-state index contributed by atoms with van der Waals surface area (Å²) in [4.78, 5) is 6.93. The maximum absolute atomic E-state index is 13.2. The highest BCUT2D eigenvalue weighted by molar-refractivity contribution is 9.10. The molecule has 0 saturated carbocycles. The second-order valence-electron chi connectivity index (χ2n) is 9.16. The van der Waals surface area contributed by atoms with Gasteiger partial charge >= 0.3 is 0 Å². The zero-order valence-corrected chi connectivity index (χ0v) is 22.9. The van der Waals surface area contributed by atoms with E-state index in [2.05, 4.69) is 37.0 Å². The number of nitrogens with one attached hydrogen (secondary N) is 2. The summed E-state index contributed by atoms with van der Waals surface area (Å²) in [6.07, 6.45) is -1.22. The van der Waals surface area contributed by atoms with Crippen molar-refractivity contribution in [3.8, 4) is 5.75 Å². The summed E-state index contributed by atoms with van der Waals surface area (Å²) in [5.74, 6) is 1.15. The number of aromatic nitrogens is 3. The number of likely N-dealkylation sites (tertiary alicyclic amines) is 1. The van der Waals surface area contributed by atoms with E-state index in [0.717, 1.165) is 55.6 Å². The van der Waals surface area contributed by atoms with Gasteiger partial charge < -0.3 is 9.64 Å². The summed E-state index contributed by atoms with van der Waals surface area (Å²) in [5.41, 5.74) is 2.03. The average Bonchev–Trinajstić information content (AvgIpc) is 3.51. The van der Waals surface area contributed by atoms with Crippen molar-refractivity contribution in [3.63, 3.8) is 0 Å². The number of halogens is 5. The van der Waals surface area contributed by atoms with Gasteiger partial charge in [0.2, 0.25) is 0 Å². The quantitative estimate of drug-likeness (QED) is 0.310. The molecule has 204 valence electrons. The SMILES string of the molecule is COc1ccc(Br)c2c1CNC(c1csc(C3CCN(C=Cn4nc(C(F)F)cc4C(F)F)CC3)n1)NC2. The number of hydrogen-bond acceptors (Lipinski definition) is 7. The van der Waals surface area contributed by atoms with Gasteiger partial charge in [-0.2, -0.15) is 5.10 Å². The van der Waals surface area contributed by atoms with Crippen molar-refractivity contribution in [1.29, 1.82) is 0 Å². The van der Waals surface area contributed by atoms with E-state index in [9.17, 15) is 17.6 Å². The smallest absolute Gasteiger partial charge is 0.282 e.